The van der Waals surface area contributed by atoms with Crippen LogP contribution in [0.4, 0.5) is 0 Å². The van der Waals surface area contributed by atoms with Gasteiger partial charge in [-0.3, -0.25) is 4.79 Å². The highest BCUT2D eigenvalue weighted by atomic mass is 79.9. The number of hydrogen-bond acceptors (Lipinski definition) is 3. The van der Waals surface area contributed by atoms with Gasteiger partial charge in [-0.05, 0) is 59.9 Å². The lowest BCUT2D eigenvalue weighted by Crippen LogP contribution is -2.35. The van der Waals surface area contributed by atoms with Gasteiger partial charge in [0.2, 0.25) is 0 Å². The van der Waals surface area contributed by atoms with Crippen LogP contribution in [-0.2, 0) is 11.3 Å². The van der Waals surface area contributed by atoms with E-state index in [1.54, 1.807) is 0 Å². The molecule has 1 rings (SSSR count). The second-order valence-electron chi connectivity index (χ2n) is 5.11. The molecule has 1 aromatic carbocycles. The van der Waals surface area contributed by atoms with E-state index in [2.05, 4.69) is 33.5 Å². The van der Waals surface area contributed by atoms with E-state index < -0.39 is 0 Å². The van der Waals surface area contributed by atoms with Crippen LogP contribution in [0.1, 0.15) is 39.2 Å². The monoisotopic (exact) mass is 356 g/mol. The molecule has 0 spiro atoms. The molecule has 2 N–H and O–H groups in total. The average Bonchev–Trinajstić information content (AvgIpc) is 2.46. The minimum atomic E-state index is -0.0926. The molecule has 0 fully saturated rings. The Balaban J connectivity index is 2.47. The second-order valence-corrected chi connectivity index (χ2v) is 5.96. The van der Waals surface area contributed by atoms with Crippen molar-refractivity contribution in [3.8, 4) is 5.75 Å². The summed E-state index contributed by atoms with van der Waals surface area (Å²) in [5.74, 6) is 0.596. The Morgan fingerprint density at radius 1 is 1.38 bits per heavy atom. The van der Waals surface area contributed by atoms with Crippen molar-refractivity contribution in [3.05, 3.63) is 28.2 Å². The van der Waals surface area contributed by atoms with E-state index in [0.29, 0.717) is 5.75 Å². The van der Waals surface area contributed by atoms with Crippen molar-refractivity contribution in [2.24, 2.45) is 0 Å². The summed E-state index contributed by atoms with van der Waals surface area (Å²) in [6.07, 6.45) is 2.03. The summed E-state index contributed by atoms with van der Waals surface area (Å²) in [4.78, 5) is 11.7. The predicted octanol–water partition coefficient (Wildman–Crippen LogP) is 3.24. The van der Waals surface area contributed by atoms with Gasteiger partial charge >= 0.3 is 0 Å². The minimum absolute atomic E-state index is 0.0381. The van der Waals surface area contributed by atoms with Crippen LogP contribution in [0, 0.1) is 0 Å². The van der Waals surface area contributed by atoms with E-state index in [-0.39, 0.29) is 18.6 Å². The lowest BCUT2D eigenvalue weighted by atomic mass is 10.2. The summed E-state index contributed by atoms with van der Waals surface area (Å²) < 4.78 is 6.42. The highest BCUT2D eigenvalue weighted by Gasteiger charge is 2.08. The molecule has 1 aromatic rings. The first kappa shape index (κ1) is 18.0. The number of carbonyl (C=O) groups is 1. The van der Waals surface area contributed by atoms with Crippen molar-refractivity contribution in [2.45, 2.75) is 46.2 Å². The lowest BCUT2D eigenvalue weighted by Gasteiger charge is -2.13. The molecule has 0 saturated heterocycles. The Morgan fingerprint density at radius 3 is 2.76 bits per heavy atom. The third kappa shape index (κ3) is 6.96. The largest absolute Gasteiger partial charge is 0.483 e. The first-order chi connectivity index (χ1) is 10.1. The molecule has 0 saturated carbocycles. The molecule has 0 aromatic heterocycles. The highest BCUT2D eigenvalue weighted by Crippen LogP contribution is 2.26. The number of rotatable bonds is 9. The molecule has 0 aliphatic rings. The second kappa shape index (κ2) is 9.79. The number of nitrogens with one attached hydrogen (secondary N) is 2. The first-order valence-corrected chi connectivity index (χ1v) is 8.27. The van der Waals surface area contributed by atoms with E-state index in [4.69, 9.17) is 4.74 Å². The van der Waals surface area contributed by atoms with Crippen LogP contribution >= 0.6 is 15.9 Å². The topological polar surface area (TPSA) is 50.4 Å². The molecule has 118 valence electrons. The Morgan fingerprint density at radius 2 is 2.14 bits per heavy atom. The van der Waals surface area contributed by atoms with Gasteiger partial charge in [0.1, 0.15) is 5.75 Å². The standard InChI is InChI=1S/C16H25BrN2O2/c1-4-8-18-10-13-6-7-15(14(17)9-13)21-11-16(20)19-12(3)5-2/h6-7,9,12,18H,4-5,8,10-11H2,1-3H3,(H,19,20). The zero-order valence-corrected chi connectivity index (χ0v) is 14.6. The van der Waals surface area contributed by atoms with Gasteiger partial charge in [-0.1, -0.05) is 19.9 Å². The summed E-state index contributed by atoms with van der Waals surface area (Å²) in [7, 11) is 0. The predicted molar refractivity (Wildman–Crippen MR) is 89.5 cm³/mol. The van der Waals surface area contributed by atoms with E-state index in [1.807, 2.05) is 32.0 Å². The van der Waals surface area contributed by atoms with Crippen molar-refractivity contribution in [3.63, 3.8) is 0 Å². The quantitative estimate of drug-likeness (QED) is 0.667. The van der Waals surface area contributed by atoms with Gasteiger partial charge < -0.3 is 15.4 Å². The molecule has 1 unspecified atom stereocenters. The molecular weight excluding hydrogens is 332 g/mol. The molecule has 21 heavy (non-hydrogen) atoms. The van der Waals surface area contributed by atoms with Gasteiger partial charge in [0, 0.05) is 12.6 Å². The Hall–Kier alpha value is -1.07. The molecule has 0 aliphatic carbocycles. The maximum atomic E-state index is 11.7. The maximum absolute atomic E-state index is 11.7. The van der Waals surface area contributed by atoms with Gasteiger partial charge in [-0.2, -0.15) is 0 Å². The van der Waals surface area contributed by atoms with Crippen LogP contribution in [-0.4, -0.2) is 25.1 Å². The normalized spacial score (nSPS) is 12.0. The summed E-state index contributed by atoms with van der Waals surface area (Å²) >= 11 is 3.49. The van der Waals surface area contributed by atoms with Crippen LogP contribution < -0.4 is 15.4 Å². The zero-order valence-electron chi connectivity index (χ0n) is 13.0. The molecule has 1 amide bonds. The summed E-state index contributed by atoms with van der Waals surface area (Å²) in [5.41, 5.74) is 1.19. The Labute approximate surface area is 135 Å². The zero-order chi connectivity index (χ0) is 15.7. The average molecular weight is 357 g/mol. The van der Waals surface area contributed by atoms with Gasteiger partial charge in [0.15, 0.2) is 6.61 Å². The van der Waals surface area contributed by atoms with Gasteiger partial charge in [0.25, 0.3) is 5.91 Å². The Bertz CT molecular complexity index is 452. The smallest absolute Gasteiger partial charge is 0.258 e. The van der Waals surface area contributed by atoms with E-state index in [1.165, 1.54) is 5.56 Å². The SMILES string of the molecule is CCCNCc1ccc(OCC(=O)NC(C)CC)c(Br)c1. The number of amides is 1. The fourth-order valence-corrected chi connectivity index (χ4v) is 2.28. The molecule has 4 nitrogen and oxygen atoms in total. The van der Waals surface area contributed by atoms with Crippen molar-refractivity contribution in [1.29, 1.82) is 0 Å². The van der Waals surface area contributed by atoms with Crippen molar-refractivity contribution >= 4 is 21.8 Å². The van der Waals surface area contributed by atoms with Crippen LogP contribution in [0.25, 0.3) is 0 Å². The molecular formula is C16H25BrN2O2. The Kier molecular flexibility index (Phi) is 8.38. The number of ether oxygens (including phenoxy) is 1. The minimum Gasteiger partial charge on any atom is -0.483 e. The van der Waals surface area contributed by atoms with Crippen LogP contribution in [0.15, 0.2) is 22.7 Å². The van der Waals surface area contributed by atoms with Crippen LogP contribution in [0.2, 0.25) is 0 Å². The fraction of sp³-hybridized carbons (Fsp3) is 0.562. The molecule has 0 radical (unpaired) electrons. The van der Waals surface area contributed by atoms with E-state index in [0.717, 1.165) is 30.4 Å². The van der Waals surface area contributed by atoms with Crippen molar-refractivity contribution < 1.29 is 9.53 Å². The van der Waals surface area contributed by atoms with Crippen molar-refractivity contribution in [2.75, 3.05) is 13.2 Å². The first-order valence-electron chi connectivity index (χ1n) is 7.48. The molecule has 5 heteroatoms. The number of carbonyl (C=O) groups excluding carboxylic acids is 1. The molecule has 0 aliphatic heterocycles. The maximum Gasteiger partial charge on any atom is 0.258 e. The van der Waals surface area contributed by atoms with Gasteiger partial charge in [-0.25, -0.2) is 0 Å². The van der Waals surface area contributed by atoms with E-state index >= 15 is 0 Å². The van der Waals surface area contributed by atoms with Gasteiger partial charge in [-0.15, -0.1) is 0 Å². The van der Waals surface area contributed by atoms with Gasteiger partial charge in [0.05, 0.1) is 4.47 Å². The highest BCUT2D eigenvalue weighted by molar-refractivity contribution is 9.10. The lowest BCUT2D eigenvalue weighted by molar-refractivity contribution is -0.123. The summed E-state index contributed by atoms with van der Waals surface area (Å²) in [6, 6.07) is 6.10. The fourth-order valence-electron chi connectivity index (χ4n) is 1.74. The van der Waals surface area contributed by atoms with Crippen LogP contribution in [0.5, 0.6) is 5.75 Å². The number of hydrogen-bond donors (Lipinski definition) is 2. The molecule has 1 atom stereocenters. The van der Waals surface area contributed by atoms with Crippen molar-refractivity contribution in [1.82, 2.24) is 10.6 Å². The van der Waals surface area contributed by atoms with E-state index in [9.17, 15) is 4.79 Å². The number of benzene rings is 1. The third-order valence-electron chi connectivity index (χ3n) is 3.13. The summed E-state index contributed by atoms with van der Waals surface area (Å²) in [6.45, 7) is 8.03. The third-order valence-corrected chi connectivity index (χ3v) is 3.75. The molecule has 0 bridgehead atoms. The number of halogens is 1. The summed E-state index contributed by atoms with van der Waals surface area (Å²) in [5, 5.41) is 6.23. The van der Waals surface area contributed by atoms with Crippen LogP contribution in [0.3, 0.4) is 0 Å². The molecule has 0 heterocycles.